The van der Waals surface area contributed by atoms with Crippen molar-refractivity contribution in [2.45, 2.75) is 44.0 Å². The summed E-state index contributed by atoms with van der Waals surface area (Å²) in [4.78, 5) is 0. The number of aromatic amines is 1. The van der Waals surface area contributed by atoms with Gasteiger partial charge in [0.1, 0.15) is 0 Å². The highest BCUT2D eigenvalue weighted by Gasteiger charge is 2.33. The monoisotopic (exact) mass is 332 g/mol. The van der Waals surface area contributed by atoms with E-state index in [0.717, 1.165) is 30.0 Å². The van der Waals surface area contributed by atoms with Crippen LogP contribution in [0.3, 0.4) is 0 Å². The van der Waals surface area contributed by atoms with E-state index in [1.54, 1.807) is 4.31 Å². The maximum atomic E-state index is 12.9. The molecule has 0 spiro atoms. The van der Waals surface area contributed by atoms with Crippen molar-refractivity contribution < 1.29 is 8.42 Å². The first-order valence-electron chi connectivity index (χ1n) is 7.37. The van der Waals surface area contributed by atoms with Gasteiger partial charge in [0.15, 0.2) is 5.03 Å². The number of aromatic nitrogens is 2. The van der Waals surface area contributed by atoms with Crippen LogP contribution in [0.25, 0.3) is 0 Å². The van der Waals surface area contributed by atoms with E-state index in [4.69, 9.17) is 0 Å². The molecule has 1 aromatic heterocycles. The summed E-state index contributed by atoms with van der Waals surface area (Å²) >= 11 is 1.85. The summed E-state index contributed by atoms with van der Waals surface area (Å²) < 4.78 is 27.3. The molecule has 1 aliphatic heterocycles. The molecule has 120 valence electrons. The maximum Gasteiger partial charge on any atom is 0.262 e. The third-order valence-corrected chi connectivity index (χ3v) is 6.94. The molecule has 0 amide bonds. The molecule has 1 unspecified atom stereocenters. The van der Waals surface area contributed by atoms with Crippen LogP contribution in [-0.4, -0.2) is 53.6 Å². The van der Waals surface area contributed by atoms with E-state index in [9.17, 15) is 8.42 Å². The zero-order valence-corrected chi connectivity index (χ0v) is 14.5. The summed E-state index contributed by atoms with van der Waals surface area (Å²) in [6, 6.07) is 0. The molecule has 0 aliphatic carbocycles. The second kappa shape index (κ2) is 7.13. The molecule has 1 aromatic rings. The summed E-state index contributed by atoms with van der Waals surface area (Å²) in [5.41, 5.74) is 1.57. The van der Waals surface area contributed by atoms with Gasteiger partial charge < -0.3 is 5.32 Å². The Morgan fingerprint density at radius 1 is 1.48 bits per heavy atom. The molecule has 2 rings (SSSR count). The minimum Gasteiger partial charge on any atom is -0.313 e. The number of sulfonamides is 1. The van der Waals surface area contributed by atoms with Crippen LogP contribution in [0.15, 0.2) is 5.03 Å². The molecule has 0 saturated carbocycles. The summed E-state index contributed by atoms with van der Waals surface area (Å²) in [5.74, 6) is 0.851. The van der Waals surface area contributed by atoms with Gasteiger partial charge in [0.05, 0.1) is 0 Å². The van der Waals surface area contributed by atoms with Crippen LogP contribution in [0.5, 0.6) is 0 Å². The van der Waals surface area contributed by atoms with E-state index in [1.807, 2.05) is 25.6 Å². The largest absolute Gasteiger partial charge is 0.313 e. The van der Waals surface area contributed by atoms with Crippen molar-refractivity contribution in [2.24, 2.45) is 0 Å². The summed E-state index contributed by atoms with van der Waals surface area (Å²) in [5, 5.41) is 10.6. The van der Waals surface area contributed by atoms with E-state index in [-0.39, 0.29) is 5.03 Å². The van der Waals surface area contributed by atoms with E-state index in [1.165, 1.54) is 0 Å². The second-order valence-electron chi connectivity index (χ2n) is 5.18. The number of thioether (sulfide) groups is 1. The van der Waals surface area contributed by atoms with Crippen molar-refractivity contribution >= 4 is 21.8 Å². The molecule has 0 bridgehead atoms. The zero-order chi connectivity index (χ0) is 15.5. The topological polar surface area (TPSA) is 78.1 Å². The number of nitrogens with zero attached hydrogens (tertiary/aromatic N) is 2. The van der Waals surface area contributed by atoms with E-state index < -0.39 is 10.0 Å². The normalized spacial score (nSPS) is 20.8. The predicted octanol–water partition coefficient (Wildman–Crippen LogP) is 1.34. The van der Waals surface area contributed by atoms with Crippen LogP contribution in [0.4, 0.5) is 0 Å². The van der Waals surface area contributed by atoms with Crippen molar-refractivity contribution in [2.75, 3.05) is 25.4 Å². The predicted molar refractivity (Wildman–Crippen MR) is 86.0 cm³/mol. The van der Waals surface area contributed by atoms with Crippen molar-refractivity contribution in [3.8, 4) is 0 Å². The first-order chi connectivity index (χ1) is 10.0. The first-order valence-corrected chi connectivity index (χ1v) is 9.85. The van der Waals surface area contributed by atoms with Gasteiger partial charge in [0.25, 0.3) is 10.0 Å². The van der Waals surface area contributed by atoms with Crippen molar-refractivity contribution in [1.82, 2.24) is 19.8 Å². The standard InChI is InChI=1S/C13H24N4O2S2/c1-4-11-9-17(6-7-20-11)21(18,19)13-12(8-14-5-2)10(3)15-16-13/h11,14H,4-9H2,1-3H3,(H,15,16). The molecule has 2 heterocycles. The molecular formula is C13H24N4O2S2. The third-order valence-electron chi connectivity index (χ3n) is 3.73. The Morgan fingerprint density at radius 3 is 2.90 bits per heavy atom. The molecule has 1 fully saturated rings. The molecule has 1 atom stereocenters. The van der Waals surface area contributed by atoms with E-state index in [2.05, 4.69) is 22.4 Å². The number of hydrogen-bond acceptors (Lipinski definition) is 5. The molecule has 21 heavy (non-hydrogen) atoms. The van der Waals surface area contributed by atoms with Gasteiger partial charge in [-0.1, -0.05) is 13.8 Å². The maximum absolute atomic E-state index is 12.9. The van der Waals surface area contributed by atoms with Gasteiger partial charge >= 0.3 is 0 Å². The third kappa shape index (κ3) is 3.61. The smallest absolute Gasteiger partial charge is 0.262 e. The minimum atomic E-state index is -3.51. The number of nitrogens with one attached hydrogen (secondary N) is 2. The van der Waals surface area contributed by atoms with Crippen molar-refractivity contribution in [3.63, 3.8) is 0 Å². The van der Waals surface area contributed by atoms with Crippen LogP contribution >= 0.6 is 11.8 Å². The fourth-order valence-corrected chi connectivity index (χ4v) is 5.42. The van der Waals surface area contributed by atoms with Gasteiger partial charge in [-0.3, -0.25) is 5.10 Å². The Bertz CT molecular complexity index is 571. The Kier molecular flexibility index (Phi) is 5.70. The fourth-order valence-electron chi connectivity index (χ4n) is 2.38. The summed E-state index contributed by atoms with van der Waals surface area (Å²) in [6.07, 6.45) is 0.987. The fraction of sp³-hybridized carbons (Fsp3) is 0.769. The van der Waals surface area contributed by atoms with E-state index in [0.29, 0.717) is 24.9 Å². The summed E-state index contributed by atoms with van der Waals surface area (Å²) in [7, 11) is -3.51. The molecule has 1 aliphatic rings. The minimum absolute atomic E-state index is 0.183. The number of rotatable bonds is 6. The number of hydrogen-bond donors (Lipinski definition) is 2. The van der Waals surface area contributed by atoms with Crippen LogP contribution in [0.1, 0.15) is 31.5 Å². The second-order valence-corrected chi connectivity index (χ2v) is 8.44. The van der Waals surface area contributed by atoms with Crippen LogP contribution < -0.4 is 5.32 Å². The van der Waals surface area contributed by atoms with Gasteiger partial charge in [-0.15, -0.1) is 0 Å². The van der Waals surface area contributed by atoms with Gasteiger partial charge in [0, 0.05) is 41.9 Å². The van der Waals surface area contributed by atoms with Crippen LogP contribution in [0, 0.1) is 6.92 Å². The summed E-state index contributed by atoms with van der Waals surface area (Å²) in [6.45, 7) is 8.42. The molecule has 1 saturated heterocycles. The molecule has 2 N–H and O–H groups in total. The molecular weight excluding hydrogens is 308 g/mol. The molecule has 8 heteroatoms. The number of aryl methyl sites for hydroxylation is 1. The highest BCUT2D eigenvalue weighted by Crippen LogP contribution is 2.27. The Hall–Kier alpha value is -0.570. The highest BCUT2D eigenvalue weighted by molar-refractivity contribution is 8.00. The molecule has 0 radical (unpaired) electrons. The highest BCUT2D eigenvalue weighted by atomic mass is 32.2. The lowest BCUT2D eigenvalue weighted by molar-refractivity contribution is 0.413. The van der Waals surface area contributed by atoms with Crippen LogP contribution in [0.2, 0.25) is 0 Å². The Morgan fingerprint density at radius 2 is 2.24 bits per heavy atom. The van der Waals surface area contributed by atoms with Gasteiger partial charge in [0.2, 0.25) is 0 Å². The average Bonchev–Trinajstić information content (AvgIpc) is 2.86. The lowest BCUT2D eigenvalue weighted by atomic mass is 10.2. The van der Waals surface area contributed by atoms with Gasteiger partial charge in [-0.05, 0) is 19.9 Å². The van der Waals surface area contributed by atoms with Crippen LogP contribution in [-0.2, 0) is 16.6 Å². The first kappa shape index (κ1) is 16.8. The zero-order valence-electron chi connectivity index (χ0n) is 12.8. The lowest BCUT2D eigenvalue weighted by Crippen LogP contribution is -2.42. The van der Waals surface area contributed by atoms with E-state index >= 15 is 0 Å². The average molecular weight is 332 g/mol. The van der Waals surface area contributed by atoms with Gasteiger partial charge in [-0.2, -0.15) is 21.2 Å². The number of H-pyrrole nitrogens is 1. The van der Waals surface area contributed by atoms with Gasteiger partial charge in [-0.25, -0.2) is 8.42 Å². The molecule has 6 nitrogen and oxygen atoms in total. The van der Waals surface area contributed by atoms with Crippen molar-refractivity contribution in [3.05, 3.63) is 11.3 Å². The molecule has 0 aromatic carbocycles. The SMILES string of the molecule is CCNCc1c(S(=O)(=O)N2CCSC(CC)C2)n[nH]c1C. The Balaban J connectivity index is 2.27. The lowest BCUT2D eigenvalue weighted by Gasteiger charge is -2.30. The Labute approximate surface area is 131 Å². The van der Waals surface area contributed by atoms with Crippen molar-refractivity contribution in [1.29, 1.82) is 0 Å². The quantitative estimate of drug-likeness (QED) is 0.822.